The number of halogens is 1. The molecule has 27 heavy (non-hydrogen) atoms. The normalized spacial score (nSPS) is 11.8. The lowest BCUT2D eigenvalue weighted by molar-refractivity contribution is -0.119. The van der Waals surface area contributed by atoms with Crippen LogP contribution in [0, 0.1) is 0 Å². The Balaban J connectivity index is 1.60. The van der Waals surface area contributed by atoms with E-state index in [1.807, 2.05) is 73.7 Å². The minimum atomic E-state index is -0.198. The molecule has 3 rings (SSSR count). The first-order valence-electron chi connectivity index (χ1n) is 8.78. The Kier molecular flexibility index (Phi) is 6.09. The number of benzene rings is 3. The summed E-state index contributed by atoms with van der Waals surface area (Å²) < 4.78 is 0. The van der Waals surface area contributed by atoms with E-state index in [4.69, 9.17) is 11.6 Å². The number of carbonyl (C=O) groups excluding carboxylic acids is 2. The van der Waals surface area contributed by atoms with Crippen LogP contribution in [0.15, 0.2) is 66.7 Å². The highest BCUT2D eigenvalue weighted by Gasteiger charge is 2.09. The molecule has 138 valence electrons. The molecule has 0 aromatic heterocycles. The molecule has 0 heterocycles. The average Bonchev–Trinajstić information content (AvgIpc) is 2.71. The average molecular weight is 381 g/mol. The molecule has 0 aliphatic carbocycles. The Morgan fingerprint density at radius 1 is 0.963 bits per heavy atom. The predicted molar refractivity (Wildman–Crippen MR) is 109 cm³/mol. The molecule has 0 saturated carbocycles. The van der Waals surface area contributed by atoms with Crippen LogP contribution in [0.25, 0.3) is 10.8 Å². The van der Waals surface area contributed by atoms with Crippen LogP contribution in [0.5, 0.6) is 0 Å². The highest BCUT2D eigenvalue weighted by Crippen LogP contribution is 2.16. The van der Waals surface area contributed by atoms with Crippen molar-refractivity contribution in [1.29, 1.82) is 0 Å². The summed E-state index contributed by atoms with van der Waals surface area (Å²) >= 11 is 5.51. The number of alkyl halides is 1. The molecule has 0 radical (unpaired) electrons. The van der Waals surface area contributed by atoms with E-state index in [9.17, 15) is 9.59 Å². The molecule has 1 unspecified atom stereocenters. The zero-order valence-electron chi connectivity index (χ0n) is 15.0. The lowest BCUT2D eigenvalue weighted by atomic mass is 10.1. The summed E-state index contributed by atoms with van der Waals surface area (Å²) in [7, 11) is 0. The van der Waals surface area contributed by atoms with Crippen LogP contribution in [0.2, 0.25) is 0 Å². The number of hydrogen-bond donors (Lipinski definition) is 2. The number of nitrogens with one attached hydrogen (secondary N) is 2. The summed E-state index contributed by atoms with van der Waals surface area (Å²) in [6.45, 7) is 2.34. The summed E-state index contributed by atoms with van der Waals surface area (Å²) in [5, 5.41) is 7.91. The number of carbonyl (C=O) groups is 2. The lowest BCUT2D eigenvalue weighted by Crippen LogP contribution is -2.27. The first-order valence-corrected chi connectivity index (χ1v) is 9.31. The molecular formula is C22H21ClN2O2. The van der Waals surface area contributed by atoms with E-state index >= 15 is 0 Å². The molecule has 2 N–H and O–H groups in total. The van der Waals surface area contributed by atoms with Gasteiger partial charge in [0.2, 0.25) is 5.91 Å². The van der Waals surface area contributed by atoms with Gasteiger partial charge in [0.25, 0.3) is 5.91 Å². The molecule has 0 fully saturated rings. The van der Waals surface area contributed by atoms with Gasteiger partial charge >= 0.3 is 0 Å². The van der Waals surface area contributed by atoms with Gasteiger partial charge in [0.15, 0.2) is 0 Å². The van der Waals surface area contributed by atoms with Gasteiger partial charge in [0.05, 0.1) is 6.04 Å². The summed E-state index contributed by atoms with van der Waals surface area (Å²) in [5.41, 5.74) is 2.62. The second kappa shape index (κ2) is 8.69. The van der Waals surface area contributed by atoms with Crippen LogP contribution in [-0.4, -0.2) is 17.7 Å². The minimum Gasteiger partial charge on any atom is -0.349 e. The van der Waals surface area contributed by atoms with E-state index in [2.05, 4.69) is 10.6 Å². The van der Waals surface area contributed by atoms with Gasteiger partial charge in [-0.25, -0.2) is 0 Å². The summed E-state index contributed by atoms with van der Waals surface area (Å²) in [6.07, 6.45) is 0. The molecule has 2 amide bonds. The quantitative estimate of drug-likeness (QED) is 0.630. The van der Waals surface area contributed by atoms with Crippen molar-refractivity contribution in [2.24, 2.45) is 0 Å². The van der Waals surface area contributed by atoms with Gasteiger partial charge < -0.3 is 10.6 Å². The van der Waals surface area contributed by atoms with Gasteiger partial charge in [0, 0.05) is 12.1 Å². The van der Waals surface area contributed by atoms with E-state index < -0.39 is 0 Å². The van der Waals surface area contributed by atoms with Crippen molar-refractivity contribution < 1.29 is 9.59 Å². The van der Waals surface area contributed by atoms with Crippen molar-refractivity contribution in [1.82, 2.24) is 10.6 Å². The van der Waals surface area contributed by atoms with Gasteiger partial charge in [-0.1, -0.05) is 54.6 Å². The fraction of sp³-hybridized carbons (Fsp3) is 0.182. The highest BCUT2D eigenvalue weighted by molar-refractivity contribution is 6.27. The fourth-order valence-corrected chi connectivity index (χ4v) is 2.98. The molecule has 0 bridgehead atoms. The number of hydrogen-bond acceptors (Lipinski definition) is 2. The van der Waals surface area contributed by atoms with Gasteiger partial charge in [-0.05, 0) is 41.0 Å². The molecule has 4 nitrogen and oxygen atoms in total. The van der Waals surface area contributed by atoms with E-state index in [1.165, 1.54) is 0 Å². The van der Waals surface area contributed by atoms with E-state index in [0.717, 1.165) is 21.9 Å². The Hall–Kier alpha value is -2.85. The van der Waals surface area contributed by atoms with Crippen molar-refractivity contribution in [2.45, 2.75) is 19.5 Å². The maximum atomic E-state index is 12.4. The van der Waals surface area contributed by atoms with Crippen LogP contribution >= 0.6 is 11.6 Å². The zero-order chi connectivity index (χ0) is 19.2. The van der Waals surface area contributed by atoms with Crippen LogP contribution < -0.4 is 10.6 Å². The number of fused-ring (bicyclic) bond motifs is 1. The van der Waals surface area contributed by atoms with E-state index in [-0.39, 0.29) is 23.7 Å². The van der Waals surface area contributed by atoms with Crippen molar-refractivity contribution >= 4 is 34.2 Å². The smallest absolute Gasteiger partial charge is 0.251 e. The molecule has 3 aromatic carbocycles. The Bertz CT molecular complexity index is 954. The van der Waals surface area contributed by atoms with Crippen LogP contribution in [0.4, 0.5) is 0 Å². The molecule has 0 spiro atoms. The Morgan fingerprint density at radius 3 is 2.37 bits per heavy atom. The maximum absolute atomic E-state index is 12.4. The third-order valence-electron chi connectivity index (χ3n) is 4.44. The second-order valence-electron chi connectivity index (χ2n) is 6.41. The third-order valence-corrected chi connectivity index (χ3v) is 4.69. The van der Waals surface area contributed by atoms with Crippen molar-refractivity contribution in [3.8, 4) is 0 Å². The van der Waals surface area contributed by atoms with Crippen molar-refractivity contribution in [3.63, 3.8) is 0 Å². The van der Waals surface area contributed by atoms with Crippen molar-refractivity contribution in [3.05, 3.63) is 83.4 Å². The number of amides is 2. The van der Waals surface area contributed by atoms with E-state index in [1.54, 1.807) is 0 Å². The molecule has 5 heteroatoms. The van der Waals surface area contributed by atoms with E-state index in [0.29, 0.717) is 12.1 Å². The van der Waals surface area contributed by atoms with Crippen molar-refractivity contribution in [2.75, 3.05) is 5.88 Å². The molecular weight excluding hydrogens is 360 g/mol. The summed E-state index contributed by atoms with van der Waals surface area (Å²) in [5.74, 6) is -0.355. The molecule has 1 atom stereocenters. The first-order chi connectivity index (χ1) is 13.1. The largest absolute Gasteiger partial charge is 0.349 e. The monoisotopic (exact) mass is 380 g/mol. The zero-order valence-corrected chi connectivity index (χ0v) is 15.8. The van der Waals surface area contributed by atoms with Crippen LogP contribution in [0.1, 0.15) is 34.5 Å². The van der Waals surface area contributed by atoms with Crippen LogP contribution in [0.3, 0.4) is 0 Å². The summed E-state index contributed by atoms with van der Waals surface area (Å²) in [4.78, 5) is 23.8. The van der Waals surface area contributed by atoms with Gasteiger partial charge in [-0.15, -0.1) is 11.6 Å². The SMILES string of the molecule is CC(NC(=O)CCl)c1ccc(CNC(=O)c2ccc3ccccc3c2)cc1. The highest BCUT2D eigenvalue weighted by atomic mass is 35.5. The maximum Gasteiger partial charge on any atom is 0.251 e. The Labute approximate surface area is 163 Å². The lowest BCUT2D eigenvalue weighted by Gasteiger charge is -2.14. The van der Waals surface area contributed by atoms with Gasteiger partial charge in [-0.2, -0.15) is 0 Å². The molecule has 0 aliphatic heterocycles. The Morgan fingerprint density at radius 2 is 1.67 bits per heavy atom. The predicted octanol–water partition coefficient (Wildman–Crippen LogP) is 4.19. The third kappa shape index (κ3) is 4.86. The standard InChI is InChI=1S/C22H21ClN2O2/c1-15(25-21(26)13-23)17-8-6-16(7-9-17)14-24-22(27)20-11-10-18-4-2-3-5-19(18)12-20/h2-12,15H,13-14H2,1H3,(H,24,27)(H,25,26). The minimum absolute atomic E-state index is 0.0524. The topological polar surface area (TPSA) is 58.2 Å². The molecule has 0 aliphatic rings. The summed E-state index contributed by atoms with van der Waals surface area (Å²) in [6, 6.07) is 21.3. The second-order valence-corrected chi connectivity index (χ2v) is 6.68. The first kappa shape index (κ1) is 18.9. The van der Waals surface area contributed by atoms with Gasteiger partial charge in [-0.3, -0.25) is 9.59 Å². The molecule has 0 saturated heterocycles. The van der Waals surface area contributed by atoms with Crippen LogP contribution in [-0.2, 0) is 11.3 Å². The number of rotatable bonds is 6. The molecule has 3 aromatic rings. The van der Waals surface area contributed by atoms with Gasteiger partial charge in [0.1, 0.15) is 5.88 Å². The fourth-order valence-electron chi connectivity index (χ4n) is 2.90.